The van der Waals surface area contributed by atoms with Crippen LogP contribution in [0.2, 0.25) is 0 Å². The van der Waals surface area contributed by atoms with E-state index in [4.69, 9.17) is 21.5 Å². The Morgan fingerprint density at radius 3 is 1.33 bits per heavy atom. The Morgan fingerprint density at radius 2 is 0.754 bits per heavy atom. The maximum Gasteiger partial charge on any atom is 0.164 e. The first-order valence-electron chi connectivity index (χ1n) is 23.7. The van der Waals surface area contributed by atoms with Crippen LogP contribution in [0.25, 0.3) is 56.4 Å². The number of allylic oxidation sites excluding steroid dienone is 5. The number of hydrogen-bond donors (Lipinski definition) is 0. The summed E-state index contributed by atoms with van der Waals surface area (Å²) in [6.45, 7) is 4.84. The van der Waals surface area contributed by atoms with Crippen molar-refractivity contribution in [2.24, 2.45) is 0 Å². The van der Waals surface area contributed by atoms with Gasteiger partial charge in [0.15, 0.2) is 17.5 Å². The van der Waals surface area contributed by atoms with Crippen LogP contribution < -0.4 is 0 Å². The van der Waals surface area contributed by atoms with Gasteiger partial charge in [0.05, 0.1) is 10.8 Å². The first-order chi connectivity index (χ1) is 34.1. The fourth-order valence-electron chi connectivity index (χ4n) is 11.0. The summed E-state index contributed by atoms with van der Waals surface area (Å²) in [6, 6.07) is 84.8. The quantitative estimate of drug-likeness (QED) is 0.153. The molecule has 326 valence electrons. The average molecular weight is 882 g/mol. The minimum absolute atomic E-state index is 0.575. The molecule has 2 aliphatic rings. The number of hydrogen-bond acceptors (Lipinski definition) is 3. The van der Waals surface area contributed by atoms with Crippen LogP contribution in [0.15, 0.2) is 273 Å². The largest absolute Gasteiger partial charge is 0.208 e. The summed E-state index contributed by atoms with van der Waals surface area (Å²) in [5.74, 6) is 1.80. The van der Waals surface area contributed by atoms with Crippen molar-refractivity contribution in [2.75, 3.05) is 0 Å². The lowest BCUT2D eigenvalue weighted by Gasteiger charge is -2.38. The van der Waals surface area contributed by atoms with Gasteiger partial charge in [-0.05, 0) is 90.9 Å². The average Bonchev–Trinajstić information content (AvgIpc) is 3.75. The second kappa shape index (κ2) is 17.5. The van der Waals surface area contributed by atoms with Gasteiger partial charge in [-0.2, -0.15) is 0 Å². The van der Waals surface area contributed by atoms with Crippen molar-refractivity contribution in [3.63, 3.8) is 0 Å². The molecule has 1 heterocycles. The van der Waals surface area contributed by atoms with Crippen molar-refractivity contribution in [2.45, 2.75) is 17.3 Å². The third kappa shape index (κ3) is 7.01. The smallest absolute Gasteiger partial charge is 0.164 e. The Bertz CT molecular complexity index is 3480. The lowest BCUT2D eigenvalue weighted by atomic mass is 9.63. The summed E-state index contributed by atoms with van der Waals surface area (Å²) in [6.07, 6.45) is 9.38. The minimum atomic E-state index is -0.713. The molecule has 69 heavy (non-hydrogen) atoms. The van der Waals surface area contributed by atoms with Gasteiger partial charge < -0.3 is 0 Å². The van der Waals surface area contributed by atoms with Crippen LogP contribution in [0, 0.1) is 0 Å². The maximum absolute atomic E-state index is 5.48. The van der Waals surface area contributed by atoms with Gasteiger partial charge in [-0.15, -0.1) is 0 Å². The van der Waals surface area contributed by atoms with Gasteiger partial charge in [-0.3, -0.25) is 0 Å². The molecule has 0 radical (unpaired) electrons. The van der Waals surface area contributed by atoms with Crippen molar-refractivity contribution in [1.29, 1.82) is 0 Å². The number of fused-ring (bicyclic) bond motifs is 4. The van der Waals surface area contributed by atoms with Crippen LogP contribution in [0.5, 0.6) is 0 Å². The lowest BCUT2D eigenvalue weighted by Crippen LogP contribution is -2.32. The summed E-state index contributed by atoms with van der Waals surface area (Å²) in [5, 5.41) is 0. The summed E-state index contributed by atoms with van der Waals surface area (Å²) in [5.41, 5.74) is 16.6. The van der Waals surface area contributed by atoms with Gasteiger partial charge in [0, 0.05) is 16.7 Å². The van der Waals surface area contributed by atoms with E-state index in [9.17, 15) is 0 Å². The molecule has 9 aromatic carbocycles. The normalized spacial score (nSPS) is 15.1. The van der Waals surface area contributed by atoms with Gasteiger partial charge in [0.25, 0.3) is 0 Å². The van der Waals surface area contributed by atoms with Crippen molar-refractivity contribution in [3.8, 4) is 56.4 Å². The van der Waals surface area contributed by atoms with E-state index in [1.165, 1.54) is 38.9 Å². The predicted molar refractivity (Wildman–Crippen MR) is 283 cm³/mol. The van der Waals surface area contributed by atoms with Gasteiger partial charge in [0.2, 0.25) is 0 Å². The summed E-state index contributed by atoms with van der Waals surface area (Å²) >= 11 is 0. The van der Waals surface area contributed by atoms with Crippen LogP contribution in [0.1, 0.15) is 44.5 Å². The molecule has 0 spiro atoms. The molecule has 3 nitrogen and oxygen atoms in total. The van der Waals surface area contributed by atoms with Crippen molar-refractivity contribution < 1.29 is 0 Å². The van der Waals surface area contributed by atoms with E-state index in [1.807, 2.05) is 6.07 Å². The van der Waals surface area contributed by atoms with E-state index in [2.05, 4.69) is 255 Å². The first kappa shape index (κ1) is 41.6. The molecule has 0 bridgehead atoms. The molecular formula is C66H47N3. The molecule has 3 heteroatoms. The Balaban J connectivity index is 1.10. The Labute approximate surface area is 404 Å². The summed E-state index contributed by atoms with van der Waals surface area (Å²) in [7, 11) is 0. The van der Waals surface area contributed by atoms with E-state index in [1.54, 1.807) is 0 Å². The number of nitrogens with zero attached hydrogens (tertiary/aromatic N) is 3. The fourth-order valence-corrected chi connectivity index (χ4v) is 11.0. The van der Waals surface area contributed by atoms with E-state index in [-0.39, 0.29) is 0 Å². The highest BCUT2D eigenvalue weighted by Crippen LogP contribution is 2.57. The molecule has 1 aromatic heterocycles. The second-order valence-electron chi connectivity index (χ2n) is 17.9. The van der Waals surface area contributed by atoms with Gasteiger partial charge in [-0.25, -0.2) is 15.0 Å². The second-order valence-corrected chi connectivity index (χ2v) is 17.9. The number of aromatic nitrogens is 3. The lowest BCUT2D eigenvalue weighted by molar-refractivity contribution is 0.737. The predicted octanol–water partition coefficient (Wildman–Crippen LogP) is 15.5. The Kier molecular flexibility index (Phi) is 10.5. The molecule has 2 aliphatic carbocycles. The molecule has 12 rings (SSSR count). The zero-order valence-electron chi connectivity index (χ0n) is 38.1. The fraction of sp³-hybridized carbons (Fsp3) is 0.0455. The highest BCUT2D eigenvalue weighted by atomic mass is 15.0. The third-order valence-electron chi connectivity index (χ3n) is 14.2. The van der Waals surface area contributed by atoms with Crippen LogP contribution in [0.4, 0.5) is 0 Å². The number of rotatable bonds is 8. The third-order valence-corrected chi connectivity index (χ3v) is 14.2. The minimum Gasteiger partial charge on any atom is -0.208 e. The van der Waals surface area contributed by atoms with E-state index in [0.29, 0.717) is 17.5 Å². The van der Waals surface area contributed by atoms with E-state index in [0.717, 1.165) is 56.5 Å². The molecule has 0 saturated heterocycles. The molecule has 0 atom stereocenters. The van der Waals surface area contributed by atoms with Crippen LogP contribution in [-0.2, 0) is 17.3 Å². The number of benzene rings is 9. The molecule has 0 amide bonds. The maximum atomic E-state index is 5.48. The summed E-state index contributed by atoms with van der Waals surface area (Å²) in [4.78, 5) is 16.2. The van der Waals surface area contributed by atoms with Gasteiger partial charge in [0.1, 0.15) is 0 Å². The standard InChI is InChI=1S/C66H47N3/c1-46-22-8-2-11-25-49-38-41-51(44-60(49)65(46,53-26-12-4-13-27-53)54-28-14-5-15-29-54)63-67-62(50-39-36-48(37-40-50)47-23-9-3-10-24-47)68-64(69-63)52-42-43-58-57-34-20-21-35-59(57)66(61(58)45-52,55-30-16-6-17-31-55)56-32-18-7-19-33-56/h2-24,26-45H,1,25H2/b11-2-,22-8-. The first-order valence-corrected chi connectivity index (χ1v) is 23.7. The van der Waals surface area contributed by atoms with Crippen LogP contribution >= 0.6 is 0 Å². The molecular weight excluding hydrogens is 835 g/mol. The van der Waals surface area contributed by atoms with Crippen LogP contribution in [-0.4, -0.2) is 15.0 Å². The molecule has 10 aromatic rings. The highest BCUT2D eigenvalue weighted by Gasteiger charge is 2.46. The van der Waals surface area contributed by atoms with E-state index >= 15 is 0 Å². The van der Waals surface area contributed by atoms with Gasteiger partial charge >= 0.3 is 0 Å². The molecule has 0 N–H and O–H groups in total. The van der Waals surface area contributed by atoms with Crippen molar-refractivity contribution in [1.82, 2.24) is 15.0 Å². The highest BCUT2D eigenvalue weighted by molar-refractivity contribution is 5.88. The van der Waals surface area contributed by atoms with Crippen LogP contribution in [0.3, 0.4) is 0 Å². The molecule has 0 aliphatic heterocycles. The Morgan fingerprint density at radius 1 is 0.333 bits per heavy atom. The Hall–Kier alpha value is -8.79. The van der Waals surface area contributed by atoms with Crippen molar-refractivity contribution >= 4 is 0 Å². The SMILES string of the molecule is C=C1/C=C\C=C/Cc2ccc(-c3nc(-c4ccc(-c5ccccc5)cc4)nc(-c4ccc5c(c4)C(c4ccccc4)(c4ccccc4)c4ccccc4-5)n3)cc2C1(c1ccccc1)c1ccccc1. The van der Waals surface area contributed by atoms with E-state index < -0.39 is 10.8 Å². The molecule has 0 unspecified atom stereocenters. The van der Waals surface area contributed by atoms with Crippen molar-refractivity contribution in [3.05, 3.63) is 318 Å². The molecule has 0 fully saturated rings. The monoisotopic (exact) mass is 881 g/mol. The summed E-state index contributed by atoms with van der Waals surface area (Å²) < 4.78 is 0. The topological polar surface area (TPSA) is 38.7 Å². The zero-order chi connectivity index (χ0) is 46.2. The zero-order valence-corrected chi connectivity index (χ0v) is 38.1. The van der Waals surface area contributed by atoms with Gasteiger partial charge in [-0.1, -0.05) is 255 Å². The molecule has 0 saturated carbocycles.